The summed E-state index contributed by atoms with van der Waals surface area (Å²) < 4.78 is 0. The average molecular weight is 153 g/mol. The Bertz CT molecular complexity index is 298. The van der Waals surface area contributed by atoms with E-state index in [2.05, 4.69) is 4.98 Å². The van der Waals surface area contributed by atoms with Crippen LogP contribution in [-0.4, -0.2) is 10.9 Å². The predicted molar refractivity (Wildman–Crippen MR) is 35.3 cm³/mol. The van der Waals surface area contributed by atoms with Gasteiger partial charge in [-0.05, 0) is 0 Å². The molecule has 0 unspecified atom stereocenters. The standard InChI is InChI=1S/C5H3N3OS/c6-1-4-8-2-3(10-4)5(7)9/h2H,(H2,7,9). The highest BCUT2D eigenvalue weighted by molar-refractivity contribution is 7.14. The summed E-state index contributed by atoms with van der Waals surface area (Å²) in [5.74, 6) is -0.543. The summed E-state index contributed by atoms with van der Waals surface area (Å²) >= 11 is 0.994. The summed E-state index contributed by atoms with van der Waals surface area (Å²) in [6.07, 6.45) is 1.30. The maximum absolute atomic E-state index is 10.4. The highest BCUT2D eigenvalue weighted by Crippen LogP contribution is 2.09. The minimum Gasteiger partial charge on any atom is -0.365 e. The van der Waals surface area contributed by atoms with Crippen molar-refractivity contribution >= 4 is 17.2 Å². The Morgan fingerprint density at radius 3 is 2.90 bits per heavy atom. The first-order chi connectivity index (χ1) is 4.74. The molecule has 5 heteroatoms. The van der Waals surface area contributed by atoms with Crippen molar-refractivity contribution in [2.24, 2.45) is 5.73 Å². The highest BCUT2D eigenvalue weighted by atomic mass is 32.1. The van der Waals surface area contributed by atoms with E-state index < -0.39 is 5.91 Å². The molecule has 0 saturated carbocycles. The van der Waals surface area contributed by atoms with Gasteiger partial charge in [-0.15, -0.1) is 0 Å². The maximum Gasteiger partial charge on any atom is 0.260 e. The van der Waals surface area contributed by atoms with Crippen LogP contribution in [0, 0.1) is 11.3 Å². The number of aromatic nitrogens is 1. The fraction of sp³-hybridized carbons (Fsp3) is 0. The zero-order valence-electron chi connectivity index (χ0n) is 4.87. The van der Waals surface area contributed by atoms with Crippen LogP contribution in [0.15, 0.2) is 6.20 Å². The third-order valence-electron chi connectivity index (χ3n) is 0.844. The van der Waals surface area contributed by atoms with Crippen molar-refractivity contribution in [3.05, 3.63) is 16.1 Å². The minimum atomic E-state index is -0.543. The minimum absolute atomic E-state index is 0.258. The van der Waals surface area contributed by atoms with Gasteiger partial charge < -0.3 is 5.73 Å². The molecule has 0 aliphatic rings. The molecule has 10 heavy (non-hydrogen) atoms. The number of rotatable bonds is 1. The van der Waals surface area contributed by atoms with Gasteiger partial charge in [-0.25, -0.2) is 4.98 Å². The molecule has 4 nitrogen and oxygen atoms in total. The number of primary amides is 1. The van der Waals surface area contributed by atoms with Crippen LogP contribution in [0.25, 0.3) is 0 Å². The van der Waals surface area contributed by atoms with Gasteiger partial charge in [-0.1, -0.05) is 11.3 Å². The molecule has 0 fully saturated rings. The van der Waals surface area contributed by atoms with Gasteiger partial charge in [-0.2, -0.15) is 5.26 Å². The molecule has 1 aromatic rings. The molecule has 0 aliphatic carbocycles. The van der Waals surface area contributed by atoms with Gasteiger partial charge in [0.2, 0.25) is 0 Å². The Morgan fingerprint density at radius 1 is 1.90 bits per heavy atom. The lowest BCUT2D eigenvalue weighted by Crippen LogP contribution is -2.08. The van der Waals surface area contributed by atoms with E-state index in [9.17, 15) is 4.79 Å². The van der Waals surface area contributed by atoms with Crippen LogP contribution in [0.1, 0.15) is 14.7 Å². The van der Waals surface area contributed by atoms with E-state index in [0.29, 0.717) is 4.88 Å². The molecule has 1 rings (SSSR count). The lowest BCUT2D eigenvalue weighted by molar-refractivity contribution is 0.100. The van der Waals surface area contributed by atoms with E-state index in [1.165, 1.54) is 6.20 Å². The smallest absolute Gasteiger partial charge is 0.260 e. The van der Waals surface area contributed by atoms with E-state index in [1.807, 2.05) is 0 Å². The molecule has 2 N–H and O–H groups in total. The van der Waals surface area contributed by atoms with E-state index in [4.69, 9.17) is 11.0 Å². The summed E-state index contributed by atoms with van der Waals surface area (Å²) in [5.41, 5.74) is 4.90. The van der Waals surface area contributed by atoms with Gasteiger partial charge >= 0.3 is 0 Å². The first kappa shape index (κ1) is 6.71. The van der Waals surface area contributed by atoms with Gasteiger partial charge in [-0.3, -0.25) is 4.79 Å². The predicted octanol–water partition coefficient (Wildman–Crippen LogP) is 0.114. The molecule has 0 atom stereocenters. The Morgan fingerprint density at radius 2 is 2.60 bits per heavy atom. The van der Waals surface area contributed by atoms with Crippen molar-refractivity contribution < 1.29 is 4.79 Å². The third kappa shape index (κ3) is 1.11. The summed E-state index contributed by atoms with van der Waals surface area (Å²) in [6.45, 7) is 0. The molecule has 50 valence electrons. The number of carbonyl (C=O) groups excluding carboxylic acids is 1. The summed E-state index contributed by atoms with van der Waals surface area (Å²) in [6, 6.07) is 1.80. The quantitative estimate of drug-likeness (QED) is 0.622. The van der Waals surface area contributed by atoms with Crippen molar-refractivity contribution in [1.82, 2.24) is 4.98 Å². The van der Waals surface area contributed by atoms with E-state index in [0.717, 1.165) is 11.3 Å². The van der Waals surface area contributed by atoms with Crippen molar-refractivity contribution in [2.75, 3.05) is 0 Å². The van der Waals surface area contributed by atoms with Gasteiger partial charge in [0.25, 0.3) is 5.91 Å². The molecule has 1 heterocycles. The number of thiazole rings is 1. The van der Waals surface area contributed by atoms with Crippen LogP contribution in [0.4, 0.5) is 0 Å². The summed E-state index contributed by atoms with van der Waals surface area (Å²) in [7, 11) is 0. The molecule has 0 radical (unpaired) electrons. The van der Waals surface area contributed by atoms with Crippen molar-refractivity contribution in [1.29, 1.82) is 5.26 Å². The monoisotopic (exact) mass is 153 g/mol. The molecule has 0 bridgehead atoms. The number of nitrogens with zero attached hydrogens (tertiary/aromatic N) is 2. The van der Waals surface area contributed by atoms with Crippen molar-refractivity contribution in [3.8, 4) is 6.07 Å². The van der Waals surface area contributed by atoms with Gasteiger partial charge in [0.15, 0.2) is 5.01 Å². The molecule has 0 saturated heterocycles. The molecular weight excluding hydrogens is 150 g/mol. The van der Waals surface area contributed by atoms with Crippen LogP contribution in [0.3, 0.4) is 0 Å². The second-order valence-electron chi connectivity index (χ2n) is 1.51. The van der Waals surface area contributed by atoms with Crippen molar-refractivity contribution in [3.63, 3.8) is 0 Å². The Hall–Kier alpha value is -1.41. The molecule has 1 aromatic heterocycles. The van der Waals surface area contributed by atoms with Crippen LogP contribution in [0.2, 0.25) is 0 Å². The fourth-order valence-corrected chi connectivity index (χ4v) is 1.01. The lowest BCUT2D eigenvalue weighted by atomic mass is 10.5. The van der Waals surface area contributed by atoms with Gasteiger partial charge in [0.1, 0.15) is 10.9 Å². The van der Waals surface area contributed by atoms with E-state index in [-0.39, 0.29) is 5.01 Å². The first-order valence-corrected chi connectivity index (χ1v) is 3.21. The van der Waals surface area contributed by atoms with E-state index in [1.54, 1.807) is 6.07 Å². The zero-order valence-corrected chi connectivity index (χ0v) is 5.68. The van der Waals surface area contributed by atoms with E-state index >= 15 is 0 Å². The summed E-state index contributed by atoms with van der Waals surface area (Å²) in [5, 5.41) is 8.54. The normalized spacial score (nSPS) is 8.70. The largest absolute Gasteiger partial charge is 0.365 e. The summed E-state index contributed by atoms with van der Waals surface area (Å²) in [4.78, 5) is 14.3. The fourth-order valence-electron chi connectivity index (χ4n) is 0.440. The molecular formula is C5H3N3OS. The highest BCUT2D eigenvalue weighted by Gasteiger charge is 2.04. The van der Waals surface area contributed by atoms with Gasteiger partial charge in [0, 0.05) is 0 Å². The second-order valence-corrected chi connectivity index (χ2v) is 2.54. The zero-order chi connectivity index (χ0) is 7.56. The number of nitrogens with two attached hydrogens (primary N) is 1. The average Bonchev–Trinajstić information content (AvgIpc) is 2.34. The molecule has 0 aromatic carbocycles. The van der Waals surface area contributed by atoms with Crippen LogP contribution in [0.5, 0.6) is 0 Å². The van der Waals surface area contributed by atoms with Crippen LogP contribution < -0.4 is 5.73 Å². The number of carbonyl (C=O) groups is 1. The Balaban J connectivity index is 3.02. The van der Waals surface area contributed by atoms with Crippen molar-refractivity contribution in [2.45, 2.75) is 0 Å². The number of nitriles is 1. The van der Waals surface area contributed by atoms with Crippen LogP contribution >= 0.6 is 11.3 Å². The molecule has 0 aliphatic heterocycles. The number of amides is 1. The van der Waals surface area contributed by atoms with Crippen LogP contribution in [-0.2, 0) is 0 Å². The lowest BCUT2D eigenvalue weighted by Gasteiger charge is -1.79. The number of hydrogen-bond donors (Lipinski definition) is 1. The second kappa shape index (κ2) is 2.45. The first-order valence-electron chi connectivity index (χ1n) is 2.40. The number of hydrogen-bond acceptors (Lipinski definition) is 4. The maximum atomic E-state index is 10.4. The SMILES string of the molecule is N#Cc1ncc(C(N)=O)s1. The Kier molecular flexibility index (Phi) is 1.65. The van der Waals surface area contributed by atoms with Gasteiger partial charge in [0.05, 0.1) is 6.20 Å². The molecule has 0 spiro atoms. The topological polar surface area (TPSA) is 79.8 Å². The Labute approximate surface area is 60.9 Å². The molecule has 1 amide bonds. The third-order valence-corrected chi connectivity index (χ3v) is 1.76.